The molecule has 9 heteroatoms. The third-order valence-corrected chi connectivity index (χ3v) is 4.17. The van der Waals surface area contributed by atoms with Crippen molar-refractivity contribution in [1.82, 2.24) is 15.1 Å². The van der Waals surface area contributed by atoms with Gasteiger partial charge in [-0.2, -0.15) is 5.10 Å². The van der Waals surface area contributed by atoms with Crippen LogP contribution in [0.5, 0.6) is 0 Å². The van der Waals surface area contributed by atoms with E-state index >= 15 is 0 Å². The van der Waals surface area contributed by atoms with Crippen LogP contribution in [-0.2, 0) is 20.7 Å². The standard InChI is InChI=1S/C22H21FN4O4/c1-2-31-22(30)19-9-10-27(26-19)18-8-4-7-17(13-18)25-21(29)14-24-20(28)12-15-5-3-6-16(23)11-15/h3-11,13H,2,12,14H2,1H3,(H,24,28)(H,25,29). The number of ether oxygens (including phenoxy) is 1. The molecule has 0 bridgehead atoms. The van der Waals surface area contributed by atoms with Crippen molar-refractivity contribution in [2.24, 2.45) is 0 Å². The van der Waals surface area contributed by atoms with Crippen molar-refractivity contribution < 1.29 is 23.5 Å². The Labute approximate surface area is 178 Å². The van der Waals surface area contributed by atoms with Crippen molar-refractivity contribution in [3.05, 3.63) is 77.9 Å². The molecule has 1 aromatic heterocycles. The topological polar surface area (TPSA) is 102 Å². The first kappa shape index (κ1) is 21.7. The van der Waals surface area contributed by atoms with E-state index in [9.17, 15) is 18.8 Å². The summed E-state index contributed by atoms with van der Waals surface area (Å²) >= 11 is 0. The van der Waals surface area contributed by atoms with E-state index < -0.39 is 23.6 Å². The molecule has 3 rings (SSSR count). The van der Waals surface area contributed by atoms with Crippen LogP contribution in [0.1, 0.15) is 23.0 Å². The van der Waals surface area contributed by atoms with Crippen molar-refractivity contribution in [3.8, 4) is 5.69 Å². The highest BCUT2D eigenvalue weighted by atomic mass is 19.1. The molecule has 160 valence electrons. The number of amides is 2. The van der Waals surface area contributed by atoms with Crippen LogP contribution in [0, 0.1) is 5.82 Å². The van der Waals surface area contributed by atoms with Crippen LogP contribution in [0.15, 0.2) is 60.8 Å². The number of hydrogen-bond donors (Lipinski definition) is 2. The second kappa shape index (κ2) is 10.1. The molecule has 2 N–H and O–H groups in total. The molecule has 0 spiro atoms. The van der Waals surface area contributed by atoms with Gasteiger partial charge in [-0.15, -0.1) is 0 Å². The van der Waals surface area contributed by atoms with Gasteiger partial charge < -0.3 is 15.4 Å². The lowest BCUT2D eigenvalue weighted by molar-refractivity contribution is -0.123. The van der Waals surface area contributed by atoms with E-state index in [0.29, 0.717) is 16.9 Å². The maximum absolute atomic E-state index is 13.2. The number of anilines is 1. The van der Waals surface area contributed by atoms with Crippen molar-refractivity contribution in [1.29, 1.82) is 0 Å². The molecule has 0 aliphatic carbocycles. The second-order valence-corrected chi connectivity index (χ2v) is 6.55. The zero-order chi connectivity index (χ0) is 22.2. The molecule has 31 heavy (non-hydrogen) atoms. The molecule has 2 amide bonds. The summed E-state index contributed by atoms with van der Waals surface area (Å²) in [4.78, 5) is 35.9. The van der Waals surface area contributed by atoms with Crippen LogP contribution in [0.25, 0.3) is 5.69 Å². The van der Waals surface area contributed by atoms with Crippen LogP contribution < -0.4 is 10.6 Å². The Morgan fingerprint density at radius 2 is 1.87 bits per heavy atom. The minimum Gasteiger partial charge on any atom is -0.461 e. The summed E-state index contributed by atoms with van der Waals surface area (Å²) < 4.78 is 19.6. The Morgan fingerprint density at radius 3 is 2.65 bits per heavy atom. The third kappa shape index (κ3) is 6.23. The van der Waals surface area contributed by atoms with Crippen molar-refractivity contribution in [2.45, 2.75) is 13.3 Å². The van der Waals surface area contributed by atoms with E-state index in [1.165, 1.54) is 28.9 Å². The third-order valence-electron chi connectivity index (χ3n) is 4.17. The quantitative estimate of drug-likeness (QED) is 0.541. The molecule has 0 unspecified atom stereocenters. The van der Waals surface area contributed by atoms with E-state index in [4.69, 9.17) is 4.74 Å². The maximum atomic E-state index is 13.2. The van der Waals surface area contributed by atoms with Crippen molar-refractivity contribution in [2.75, 3.05) is 18.5 Å². The monoisotopic (exact) mass is 424 g/mol. The summed E-state index contributed by atoms with van der Waals surface area (Å²) in [7, 11) is 0. The van der Waals surface area contributed by atoms with Crippen LogP contribution in [0.3, 0.4) is 0 Å². The number of esters is 1. The first-order chi connectivity index (χ1) is 14.9. The van der Waals surface area contributed by atoms with Gasteiger partial charge in [-0.25, -0.2) is 13.9 Å². The van der Waals surface area contributed by atoms with E-state index in [1.807, 2.05) is 0 Å². The molecular formula is C22H21FN4O4. The van der Waals surface area contributed by atoms with Gasteiger partial charge in [0.25, 0.3) is 0 Å². The molecule has 1 heterocycles. The number of rotatable bonds is 8. The van der Waals surface area contributed by atoms with Gasteiger partial charge in [0, 0.05) is 11.9 Å². The summed E-state index contributed by atoms with van der Waals surface area (Å²) in [6, 6.07) is 14.1. The summed E-state index contributed by atoms with van der Waals surface area (Å²) in [5, 5.41) is 9.36. The van der Waals surface area contributed by atoms with Crippen LogP contribution >= 0.6 is 0 Å². The number of carbonyl (C=O) groups excluding carboxylic acids is 3. The zero-order valence-corrected chi connectivity index (χ0v) is 16.8. The lowest BCUT2D eigenvalue weighted by Gasteiger charge is -2.09. The Bertz CT molecular complexity index is 1100. The second-order valence-electron chi connectivity index (χ2n) is 6.55. The number of hydrogen-bond acceptors (Lipinski definition) is 5. The predicted octanol–water partition coefficient (Wildman–Crippen LogP) is 2.49. The zero-order valence-electron chi connectivity index (χ0n) is 16.8. The van der Waals surface area contributed by atoms with Crippen LogP contribution in [0.4, 0.5) is 10.1 Å². The minimum atomic E-state index is -0.514. The Morgan fingerprint density at radius 1 is 1.06 bits per heavy atom. The summed E-state index contributed by atoms with van der Waals surface area (Å²) in [6.07, 6.45) is 1.59. The molecule has 3 aromatic rings. The lowest BCUT2D eigenvalue weighted by atomic mass is 10.1. The highest BCUT2D eigenvalue weighted by molar-refractivity contribution is 5.95. The molecule has 8 nitrogen and oxygen atoms in total. The number of nitrogens with zero attached hydrogens (tertiary/aromatic N) is 2. The average molecular weight is 424 g/mol. The summed E-state index contributed by atoms with van der Waals surface area (Å²) in [6.45, 7) is 1.74. The number of halogens is 1. The molecule has 0 saturated carbocycles. The molecule has 0 saturated heterocycles. The predicted molar refractivity (Wildman–Crippen MR) is 111 cm³/mol. The first-order valence-electron chi connectivity index (χ1n) is 9.59. The Kier molecular flexibility index (Phi) is 7.10. The Balaban J connectivity index is 1.55. The van der Waals surface area contributed by atoms with Gasteiger partial charge in [0.1, 0.15) is 5.82 Å². The Hall–Kier alpha value is -4.01. The molecule has 0 aliphatic rings. The SMILES string of the molecule is CCOC(=O)c1ccn(-c2cccc(NC(=O)CNC(=O)Cc3cccc(F)c3)c2)n1. The molecule has 0 aliphatic heterocycles. The van der Waals surface area contributed by atoms with Crippen LogP contribution in [0.2, 0.25) is 0 Å². The number of aromatic nitrogens is 2. The van der Waals surface area contributed by atoms with Gasteiger partial charge in [0.2, 0.25) is 11.8 Å². The van der Waals surface area contributed by atoms with E-state index in [-0.39, 0.29) is 25.3 Å². The summed E-state index contributed by atoms with van der Waals surface area (Å²) in [5.74, 6) is -1.75. The number of carbonyl (C=O) groups is 3. The van der Waals surface area contributed by atoms with Gasteiger partial charge in [-0.3, -0.25) is 9.59 Å². The average Bonchev–Trinajstić information content (AvgIpc) is 3.23. The fourth-order valence-corrected chi connectivity index (χ4v) is 2.79. The molecule has 0 radical (unpaired) electrons. The van der Waals surface area contributed by atoms with Crippen LogP contribution in [-0.4, -0.2) is 40.7 Å². The largest absolute Gasteiger partial charge is 0.461 e. The molecule has 0 atom stereocenters. The first-order valence-corrected chi connectivity index (χ1v) is 9.59. The van der Waals surface area contributed by atoms with E-state index in [2.05, 4.69) is 15.7 Å². The minimum absolute atomic E-state index is 0.0252. The number of nitrogens with one attached hydrogen (secondary N) is 2. The van der Waals surface area contributed by atoms with Gasteiger partial charge in [-0.05, 0) is 48.9 Å². The molecular weight excluding hydrogens is 403 g/mol. The van der Waals surface area contributed by atoms with Gasteiger partial charge in [0.05, 0.1) is 25.3 Å². The van der Waals surface area contributed by atoms with E-state index in [0.717, 1.165) is 0 Å². The van der Waals surface area contributed by atoms with E-state index in [1.54, 1.807) is 43.5 Å². The van der Waals surface area contributed by atoms with Gasteiger partial charge in [-0.1, -0.05) is 18.2 Å². The maximum Gasteiger partial charge on any atom is 0.358 e. The fraction of sp³-hybridized carbons (Fsp3) is 0.182. The molecule has 2 aromatic carbocycles. The smallest absolute Gasteiger partial charge is 0.358 e. The highest BCUT2D eigenvalue weighted by Crippen LogP contribution is 2.15. The van der Waals surface area contributed by atoms with Gasteiger partial charge in [0.15, 0.2) is 5.69 Å². The van der Waals surface area contributed by atoms with Crippen molar-refractivity contribution in [3.63, 3.8) is 0 Å². The summed E-state index contributed by atoms with van der Waals surface area (Å²) in [5.41, 5.74) is 1.82. The number of benzene rings is 2. The highest BCUT2D eigenvalue weighted by Gasteiger charge is 2.12. The fourth-order valence-electron chi connectivity index (χ4n) is 2.79. The van der Waals surface area contributed by atoms with Gasteiger partial charge >= 0.3 is 5.97 Å². The normalized spacial score (nSPS) is 10.4. The lowest BCUT2D eigenvalue weighted by Crippen LogP contribution is -2.33. The van der Waals surface area contributed by atoms with Crippen molar-refractivity contribution >= 4 is 23.5 Å². The molecule has 0 fully saturated rings.